The number of fused-ring (bicyclic) bond motifs is 1. The van der Waals surface area contributed by atoms with Gasteiger partial charge in [0.2, 0.25) is 0 Å². The first-order chi connectivity index (χ1) is 12.0. The summed E-state index contributed by atoms with van der Waals surface area (Å²) in [6.07, 6.45) is 1.78. The lowest BCUT2D eigenvalue weighted by atomic mass is 10.1. The van der Waals surface area contributed by atoms with E-state index in [0.717, 1.165) is 12.1 Å². The highest BCUT2D eigenvalue weighted by Gasteiger charge is 2.25. The lowest BCUT2D eigenvalue weighted by Crippen LogP contribution is -2.29. The van der Waals surface area contributed by atoms with Crippen LogP contribution in [-0.4, -0.2) is 28.9 Å². The first-order valence-corrected chi connectivity index (χ1v) is 7.74. The Balaban J connectivity index is 1.60. The van der Waals surface area contributed by atoms with Gasteiger partial charge in [-0.05, 0) is 29.8 Å². The number of carbonyl (C=O) groups is 1. The summed E-state index contributed by atoms with van der Waals surface area (Å²) >= 11 is 0. The third-order valence-corrected chi connectivity index (χ3v) is 4.35. The number of hydrogen-bond acceptors (Lipinski definition) is 1. The van der Waals surface area contributed by atoms with Gasteiger partial charge in [-0.1, -0.05) is 24.3 Å². The van der Waals surface area contributed by atoms with Gasteiger partial charge in [0.25, 0.3) is 5.91 Å². The normalized spacial score (nSPS) is 14.2. The lowest BCUT2D eigenvalue weighted by Gasteiger charge is -2.15. The van der Waals surface area contributed by atoms with Crippen molar-refractivity contribution in [2.45, 2.75) is 0 Å². The third-order valence-electron chi connectivity index (χ3n) is 4.35. The van der Waals surface area contributed by atoms with Crippen LogP contribution < -0.4 is 0 Å². The van der Waals surface area contributed by atoms with Crippen molar-refractivity contribution in [3.63, 3.8) is 0 Å². The van der Waals surface area contributed by atoms with E-state index >= 15 is 0 Å². The Morgan fingerprint density at radius 1 is 1.00 bits per heavy atom. The number of amides is 1. The molecular weight excluding hydrogens is 329 g/mol. The second-order valence-electron chi connectivity index (χ2n) is 5.90. The molecule has 6 heteroatoms. The number of halogens is 3. The van der Waals surface area contributed by atoms with Crippen molar-refractivity contribution in [1.82, 2.24) is 9.88 Å². The number of nitrogens with zero attached hydrogens (tertiary/aromatic N) is 1. The smallest absolute Gasteiger partial charge is 0.270 e. The zero-order valence-corrected chi connectivity index (χ0v) is 13.0. The van der Waals surface area contributed by atoms with Crippen molar-refractivity contribution < 1.29 is 18.0 Å². The molecule has 1 N–H and O–H groups in total. The second kappa shape index (κ2) is 5.81. The highest BCUT2D eigenvalue weighted by Crippen LogP contribution is 2.26. The standard InChI is InChI=1S/C19H13F3N2O/c20-14-4-2-1-3-12(14)11-7-8-24(10-11)19(25)17-9-13-15(21)5-6-16(22)18(13)23-17/h1-7,9,23H,8,10H2. The van der Waals surface area contributed by atoms with Gasteiger partial charge in [0.15, 0.2) is 0 Å². The summed E-state index contributed by atoms with van der Waals surface area (Å²) in [5, 5.41) is 0.0323. The molecule has 1 amide bonds. The molecule has 0 aliphatic carbocycles. The quantitative estimate of drug-likeness (QED) is 0.747. The molecule has 126 valence electrons. The molecule has 0 saturated heterocycles. The average Bonchev–Trinajstić information content (AvgIpc) is 3.26. The van der Waals surface area contributed by atoms with Crippen LogP contribution in [0, 0.1) is 17.5 Å². The highest BCUT2D eigenvalue weighted by atomic mass is 19.1. The van der Waals surface area contributed by atoms with Crippen molar-refractivity contribution in [2.75, 3.05) is 13.1 Å². The van der Waals surface area contributed by atoms with Gasteiger partial charge in [-0.2, -0.15) is 0 Å². The fourth-order valence-corrected chi connectivity index (χ4v) is 3.06. The Morgan fingerprint density at radius 3 is 2.52 bits per heavy atom. The Morgan fingerprint density at radius 2 is 1.76 bits per heavy atom. The van der Waals surface area contributed by atoms with E-state index < -0.39 is 17.5 Å². The van der Waals surface area contributed by atoms with Gasteiger partial charge in [-0.25, -0.2) is 13.2 Å². The molecule has 1 aromatic heterocycles. The summed E-state index contributed by atoms with van der Waals surface area (Å²) in [5.74, 6) is -1.96. The summed E-state index contributed by atoms with van der Waals surface area (Å²) < 4.78 is 41.4. The number of rotatable bonds is 2. The number of aromatic amines is 1. The SMILES string of the molecule is O=C(c1cc2c(F)ccc(F)c2[nH]1)N1CC=C(c2ccccc2F)C1. The van der Waals surface area contributed by atoms with Crippen LogP contribution in [0.3, 0.4) is 0 Å². The molecule has 1 aliphatic heterocycles. The van der Waals surface area contributed by atoms with Crippen molar-refractivity contribution in [1.29, 1.82) is 0 Å². The molecule has 25 heavy (non-hydrogen) atoms. The van der Waals surface area contributed by atoms with Gasteiger partial charge < -0.3 is 9.88 Å². The van der Waals surface area contributed by atoms with E-state index in [1.54, 1.807) is 24.3 Å². The van der Waals surface area contributed by atoms with Gasteiger partial charge in [-0.15, -0.1) is 0 Å². The van der Waals surface area contributed by atoms with Crippen LogP contribution in [0.1, 0.15) is 16.1 Å². The van der Waals surface area contributed by atoms with E-state index in [0.29, 0.717) is 17.7 Å². The van der Waals surface area contributed by atoms with E-state index in [9.17, 15) is 18.0 Å². The molecule has 3 nitrogen and oxygen atoms in total. The number of H-pyrrole nitrogens is 1. The predicted octanol–water partition coefficient (Wildman–Crippen LogP) is 4.12. The minimum absolute atomic E-state index is 0.0323. The zero-order chi connectivity index (χ0) is 17.6. The summed E-state index contributed by atoms with van der Waals surface area (Å²) in [6, 6.07) is 9.69. The van der Waals surface area contributed by atoms with Gasteiger partial charge in [0, 0.05) is 24.0 Å². The molecule has 0 saturated carbocycles. The van der Waals surface area contributed by atoms with E-state index in [1.807, 2.05) is 0 Å². The van der Waals surface area contributed by atoms with Gasteiger partial charge in [0.1, 0.15) is 23.1 Å². The molecule has 0 bridgehead atoms. The Hall–Kier alpha value is -3.02. The van der Waals surface area contributed by atoms with Crippen molar-refractivity contribution in [3.05, 3.63) is 77.2 Å². The number of nitrogens with one attached hydrogen (secondary N) is 1. The summed E-state index contributed by atoms with van der Waals surface area (Å²) in [7, 11) is 0. The molecule has 0 unspecified atom stereocenters. The van der Waals surface area contributed by atoms with Gasteiger partial charge >= 0.3 is 0 Å². The van der Waals surface area contributed by atoms with Crippen LogP contribution in [0.15, 0.2) is 48.5 Å². The molecule has 2 heterocycles. The molecule has 4 rings (SSSR count). The Bertz CT molecular complexity index is 984. The fourth-order valence-electron chi connectivity index (χ4n) is 3.06. The van der Waals surface area contributed by atoms with E-state index in [-0.39, 0.29) is 29.0 Å². The van der Waals surface area contributed by atoms with E-state index in [2.05, 4.69) is 4.98 Å². The second-order valence-corrected chi connectivity index (χ2v) is 5.90. The third kappa shape index (κ3) is 2.59. The maximum absolute atomic E-state index is 13.9. The van der Waals surface area contributed by atoms with Crippen LogP contribution in [0.4, 0.5) is 13.2 Å². The molecular formula is C19H13F3N2O. The van der Waals surface area contributed by atoms with Crippen LogP contribution in [0.2, 0.25) is 0 Å². The molecule has 2 aromatic carbocycles. The van der Waals surface area contributed by atoms with Crippen LogP contribution in [-0.2, 0) is 0 Å². The molecule has 1 aliphatic rings. The van der Waals surface area contributed by atoms with Crippen molar-refractivity contribution in [2.24, 2.45) is 0 Å². The molecule has 0 radical (unpaired) electrons. The number of carbonyl (C=O) groups excluding carboxylic acids is 1. The van der Waals surface area contributed by atoms with Crippen LogP contribution in [0.5, 0.6) is 0 Å². The summed E-state index contributed by atoms with van der Waals surface area (Å²) in [6.45, 7) is 0.545. The zero-order valence-electron chi connectivity index (χ0n) is 13.0. The number of benzene rings is 2. The number of hydrogen-bond donors (Lipinski definition) is 1. The Labute approximate surface area is 141 Å². The van der Waals surface area contributed by atoms with Crippen molar-refractivity contribution in [3.8, 4) is 0 Å². The average molecular weight is 342 g/mol. The first kappa shape index (κ1) is 15.5. The molecule has 0 atom stereocenters. The van der Waals surface area contributed by atoms with E-state index in [4.69, 9.17) is 0 Å². The summed E-state index contributed by atoms with van der Waals surface area (Å²) in [4.78, 5) is 16.8. The maximum atomic E-state index is 13.9. The van der Waals surface area contributed by atoms with Crippen LogP contribution >= 0.6 is 0 Å². The fraction of sp³-hybridized carbons (Fsp3) is 0.105. The van der Waals surface area contributed by atoms with Gasteiger partial charge in [-0.3, -0.25) is 4.79 Å². The molecule has 3 aromatic rings. The highest BCUT2D eigenvalue weighted by molar-refractivity contribution is 5.99. The predicted molar refractivity (Wildman–Crippen MR) is 88.5 cm³/mol. The largest absolute Gasteiger partial charge is 0.348 e. The first-order valence-electron chi connectivity index (χ1n) is 7.74. The monoisotopic (exact) mass is 342 g/mol. The molecule has 0 spiro atoms. The minimum Gasteiger partial charge on any atom is -0.348 e. The molecule has 0 fully saturated rings. The topological polar surface area (TPSA) is 36.1 Å². The van der Waals surface area contributed by atoms with E-state index in [1.165, 1.54) is 17.0 Å². The summed E-state index contributed by atoms with van der Waals surface area (Å²) in [5.41, 5.74) is 1.22. The lowest BCUT2D eigenvalue weighted by molar-refractivity contribution is 0.0796. The Kier molecular flexibility index (Phi) is 3.60. The van der Waals surface area contributed by atoms with Crippen LogP contribution in [0.25, 0.3) is 16.5 Å². The van der Waals surface area contributed by atoms with Crippen molar-refractivity contribution >= 4 is 22.4 Å². The minimum atomic E-state index is -0.623. The maximum Gasteiger partial charge on any atom is 0.270 e. The number of aromatic nitrogens is 1. The van der Waals surface area contributed by atoms with Gasteiger partial charge in [0.05, 0.1) is 5.52 Å².